The van der Waals surface area contributed by atoms with E-state index in [-0.39, 0.29) is 0 Å². The highest BCUT2D eigenvalue weighted by molar-refractivity contribution is 5.67. The van der Waals surface area contributed by atoms with Crippen molar-refractivity contribution in [1.29, 1.82) is 5.26 Å². The molecule has 0 aliphatic carbocycles. The molecule has 0 saturated carbocycles. The van der Waals surface area contributed by atoms with Crippen LogP contribution in [0, 0.1) is 17.2 Å². The van der Waals surface area contributed by atoms with Gasteiger partial charge in [-0.15, -0.1) is 0 Å². The van der Waals surface area contributed by atoms with Crippen LogP contribution in [0.1, 0.15) is 26.3 Å². The molecule has 3 rings (SSSR count). The summed E-state index contributed by atoms with van der Waals surface area (Å²) in [6.07, 6.45) is 3.96. The molecule has 0 fully saturated rings. The zero-order valence-corrected chi connectivity index (χ0v) is 15.8. The first-order valence-corrected chi connectivity index (χ1v) is 9.03. The zero-order valence-electron chi connectivity index (χ0n) is 15.8. The van der Waals surface area contributed by atoms with Crippen LogP contribution in [0.5, 0.6) is 5.88 Å². The molecule has 6 heteroatoms. The molecule has 0 bridgehead atoms. The highest BCUT2D eigenvalue weighted by atomic mass is 16.5. The SMILES string of the molecule is CCOc1nc(Nc2ccc(-c3cnn(CC(C)C)c3)cc2)ccc1C#N. The summed E-state index contributed by atoms with van der Waals surface area (Å²) in [5.41, 5.74) is 3.54. The van der Waals surface area contributed by atoms with Crippen molar-refractivity contribution < 1.29 is 4.74 Å². The van der Waals surface area contributed by atoms with E-state index in [4.69, 9.17) is 10.00 Å². The highest BCUT2D eigenvalue weighted by Gasteiger charge is 2.07. The van der Waals surface area contributed by atoms with E-state index in [2.05, 4.69) is 41.5 Å². The van der Waals surface area contributed by atoms with Gasteiger partial charge in [-0.1, -0.05) is 26.0 Å². The van der Waals surface area contributed by atoms with Gasteiger partial charge in [0.1, 0.15) is 17.5 Å². The van der Waals surface area contributed by atoms with Crippen molar-refractivity contribution in [2.45, 2.75) is 27.3 Å². The average Bonchev–Trinajstić information content (AvgIpc) is 3.11. The lowest BCUT2D eigenvalue weighted by Gasteiger charge is -2.09. The Morgan fingerprint density at radius 1 is 1.15 bits per heavy atom. The highest BCUT2D eigenvalue weighted by Crippen LogP contribution is 2.24. The minimum Gasteiger partial charge on any atom is -0.477 e. The molecule has 2 aromatic heterocycles. The van der Waals surface area contributed by atoms with E-state index in [0.29, 0.717) is 29.8 Å². The van der Waals surface area contributed by atoms with Crippen LogP contribution in [-0.2, 0) is 6.54 Å². The van der Waals surface area contributed by atoms with E-state index in [1.807, 2.05) is 42.1 Å². The smallest absolute Gasteiger partial charge is 0.233 e. The van der Waals surface area contributed by atoms with Gasteiger partial charge in [0.15, 0.2) is 0 Å². The number of hydrogen-bond acceptors (Lipinski definition) is 5. The van der Waals surface area contributed by atoms with E-state index >= 15 is 0 Å². The maximum absolute atomic E-state index is 9.12. The Balaban J connectivity index is 1.73. The first kappa shape index (κ1) is 18.5. The predicted octanol–water partition coefficient (Wildman–Crippen LogP) is 4.62. The number of anilines is 2. The molecule has 0 radical (unpaired) electrons. The van der Waals surface area contributed by atoms with Crippen LogP contribution >= 0.6 is 0 Å². The Labute approximate surface area is 159 Å². The van der Waals surface area contributed by atoms with Crippen LogP contribution < -0.4 is 10.1 Å². The second-order valence-electron chi connectivity index (χ2n) is 6.64. The lowest BCUT2D eigenvalue weighted by molar-refractivity contribution is 0.326. The van der Waals surface area contributed by atoms with Gasteiger partial charge < -0.3 is 10.1 Å². The maximum Gasteiger partial charge on any atom is 0.233 e. The van der Waals surface area contributed by atoms with Gasteiger partial charge in [0.05, 0.1) is 12.8 Å². The number of hydrogen-bond donors (Lipinski definition) is 1. The number of nitrogens with one attached hydrogen (secondary N) is 1. The lowest BCUT2D eigenvalue weighted by atomic mass is 10.1. The molecular weight excluding hydrogens is 338 g/mol. The number of pyridine rings is 1. The fourth-order valence-corrected chi connectivity index (χ4v) is 2.72. The molecule has 0 unspecified atom stereocenters. The quantitative estimate of drug-likeness (QED) is 0.665. The summed E-state index contributed by atoms with van der Waals surface area (Å²) in [5, 5.41) is 16.8. The topological polar surface area (TPSA) is 75.8 Å². The van der Waals surface area contributed by atoms with Gasteiger partial charge in [0.25, 0.3) is 0 Å². The third-order valence-corrected chi connectivity index (χ3v) is 3.94. The van der Waals surface area contributed by atoms with Crippen molar-refractivity contribution in [1.82, 2.24) is 14.8 Å². The Bertz CT molecular complexity index is 938. The summed E-state index contributed by atoms with van der Waals surface area (Å²) in [7, 11) is 0. The average molecular weight is 361 g/mol. The first-order valence-electron chi connectivity index (χ1n) is 9.03. The third kappa shape index (κ3) is 4.64. The molecule has 0 spiro atoms. The van der Waals surface area contributed by atoms with E-state index in [1.165, 1.54) is 0 Å². The summed E-state index contributed by atoms with van der Waals surface area (Å²) in [4.78, 5) is 4.37. The van der Waals surface area contributed by atoms with Crippen molar-refractivity contribution >= 4 is 11.5 Å². The zero-order chi connectivity index (χ0) is 19.2. The van der Waals surface area contributed by atoms with Crippen LogP contribution in [0.15, 0.2) is 48.8 Å². The second kappa shape index (κ2) is 8.37. The summed E-state index contributed by atoms with van der Waals surface area (Å²) in [6.45, 7) is 7.59. The second-order valence-corrected chi connectivity index (χ2v) is 6.64. The molecule has 138 valence electrons. The van der Waals surface area contributed by atoms with Gasteiger partial charge in [0, 0.05) is 24.0 Å². The fourth-order valence-electron chi connectivity index (χ4n) is 2.72. The Kier molecular flexibility index (Phi) is 5.72. The monoisotopic (exact) mass is 361 g/mol. The first-order chi connectivity index (χ1) is 13.1. The van der Waals surface area contributed by atoms with E-state index < -0.39 is 0 Å². The molecule has 27 heavy (non-hydrogen) atoms. The molecule has 0 aliphatic rings. The van der Waals surface area contributed by atoms with Crippen LogP contribution in [0.3, 0.4) is 0 Å². The van der Waals surface area contributed by atoms with Gasteiger partial charge in [-0.05, 0) is 42.7 Å². The normalized spacial score (nSPS) is 10.6. The van der Waals surface area contributed by atoms with Gasteiger partial charge >= 0.3 is 0 Å². The predicted molar refractivity (Wildman–Crippen MR) is 106 cm³/mol. The number of rotatable bonds is 7. The maximum atomic E-state index is 9.12. The summed E-state index contributed by atoms with van der Waals surface area (Å²) in [6, 6.07) is 13.6. The molecule has 0 saturated heterocycles. The summed E-state index contributed by atoms with van der Waals surface area (Å²) in [5.74, 6) is 1.54. The van der Waals surface area contributed by atoms with Gasteiger partial charge in [0.2, 0.25) is 5.88 Å². The molecule has 6 nitrogen and oxygen atoms in total. The minimum absolute atomic E-state index is 0.346. The van der Waals surface area contributed by atoms with Crippen molar-refractivity contribution in [2.24, 2.45) is 5.92 Å². The largest absolute Gasteiger partial charge is 0.477 e. The third-order valence-electron chi connectivity index (χ3n) is 3.94. The molecule has 1 aromatic carbocycles. The fraction of sp³-hybridized carbons (Fsp3) is 0.286. The lowest BCUT2D eigenvalue weighted by Crippen LogP contribution is -2.03. The van der Waals surface area contributed by atoms with Crippen molar-refractivity contribution in [3.63, 3.8) is 0 Å². The number of nitrogens with zero attached hydrogens (tertiary/aromatic N) is 4. The van der Waals surface area contributed by atoms with E-state index in [0.717, 1.165) is 23.4 Å². The Morgan fingerprint density at radius 2 is 1.93 bits per heavy atom. The number of benzene rings is 1. The summed E-state index contributed by atoms with van der Waals surface area (Å²) >= 11 is 0. The Hall–Kier alpha value is -3.33. The Morgan fingerprint density at radius 3 is 2.59 bits per heavy atom. The van der Waals surface area contributed by atoms with Crippen LogP contribution in [0.25, 0.3) is 11.1 Å². The van der Waals surface area contributed by atoms with Crippen LogP contribution in [0.2, 0.25) is 0 Å². The van der Waals surface area contributed by atoms with Gasteiger partial charge in [-0.25, -0.2) is 0 Å². The molecule has 3 aromatic rings. The molecule has 1 N–H and O–H groups in total. The van der Waals surface area contributed by atoms with E-state index in [9.17, 15) is 0 Å². The van der Waals surface area contributed by atoms with Crippen molar-refractivity contribution in [3.05, 3.63) is 54.4 Å². The number of ether oxygens (including phenoxy) is 1. The molecule has 2 heterocycles. The number of aromatic nitrogens is 3. The van der Waals surface area contributed by atoms with Gasteiger partial charge in [-0.2, -0.15) is 15.3 Å². The molecule has 0 aliphatic heterocycles. The van der Waals surface area contributed by atoms with Crippen molar-refractivity contribution in [3.8, 4) is 23.1 Å². The minimum atomic E-state index is 0.346. The molecule has 0 amide bonds. The molecular formula is C21H23N5O. The number of nitriles is 1. The van der Waals surface area contributed by atoms with Crippen LogP contribution in [-0.4, -0.2) is 21.4 Å². The standard InChI is InChI=1S/C21H23N5O/c1-4-27-21-17(11-22)7-10-20(25-21)24-19-8-5-16(6-9-19)18-12-23-26(14-18)13-15(2)3/h5-10,12,14-15H,4,13H2,1-3H3,(H,24,25). The van der Waals surface area contributed by atoms with Crippen molar-refractivity contribution in [2.75, 3.05) is 11.9 Å². The summed E-state index contributed by atoms with van der Waals surface area (Å²) < 4.78 is 7.40. The van der Waals surface area contributed by atoms with Gasteiger partial charge in [-0.3, -0.25) is 4.68 Å². The van der Waals surface area contributed by atoms with Crippen LogP contribution in [0.4, 0.5) is 11.5 Å². The van der Waals surface area contributed by atoms with E-state index in [1.54, 1.807) is 12.1 Å². The molecule has 0 atom stereocenters.